The first-order valence-corrected chi connectivity index (χ1v) is 7.83. The van der Waals surface area contributed by atoms with E-state index in [0.717, 1.165) is 6.54 Å². The number of nitrogens with zero attached hydrogens (tertiary/aromatic N) is 3. The number of aliphatic imine (C=N–C) groups is 1. The van der Waals surface area contributed by atoms with Crippen molar-refractivity contribution in [2.75, 3.05) is 39.2 Å². The van der Waals surface area contributed by atoms with Crippen LogP contribution >= 0.6 is 12.2 Å². The molecular weight excluding hydrogens is 328 g/mol. The third kappa shape index (κ3) is 3.95. The van der Waals surface area contributed by atoms with Crippen LogP contribution in [0.4, 0.5) is 5.69 Å². The molecule has 1 fully saturated rings. The lowest BCUT2D eigenvalue weighted by atomic mass is 10.1. The Labute approximate surface area is 146 Å². The molecule has 2 rings (SSSR count). The fourth-order valence-corrected chi connectivity index (χ4v) is 2.49. The Morgan fingerprint density at radius 1 is 1.38 bits per heavy atom. The molecule has 1 aromatic rings. The van der Waals surface area contributed by atoms with Gasteiger partial charge in [-0.3, -0.25) is 19.5 Å². The number of benzene rings is 1. The number of hydrogen-bond donors (Lipinski definition) is 1. The number of amides is 2. The summed E-state index contributed by atoms with van der Waals surface area (Å²) in [5.41, 5.74) is 0.488. The zero-order valence-electron chi connectivity index (χ0n) is 13.9. The normalized spacial score (nSPS) is 18.4. The fourth-order valence-electron chi connectivity index (χ4n) is 2.20. The third-order valence-electron chi connectivity index (χ3n) is 3.46. The summed E-state index contributed by atoms with van der Waals surface area (Å²) in [6, 6.07) is 6.99. The van der Waals surface area contributed by atoms with E-state index >= 15 is 0 Å². The summed E-state index contributed by atoms with van der Waals surface area (Å²) in [4.78, 5) is 32.3. The highest BCUT2D eigenvalue weighted by Gasteiger charge is 2.39. The van der Waals surface area contributed by atoms with E-state index in [1.54, 1.807) is 24.3 Å². The van der Waals surface area contributed by atoms with E-state index in [4.69, 9.17) is 17.0 Å². The van der Waals surface area contributed by atoms with Crippen LogP contribution in [0, 0.1) is 5.92 Å². The van der Waals surface area contributed by atoms with Crippen LogP contribution in [-0.4, -0.2) is 62.3 Å². The number of thiocarbonyl (C=S) groups is 1. The van der Waals surface area contributed by atoms with Gasteiger partial charge >= 0.3 is 0 Å². The van der Waals surface area contributed by atoms with Crippen LogP contribution in [0.3, 0.4) is 0 Å². The molecule has 0 saturated carbocycles. The number of methoxy groups -OCH3 is 1. The summed E-state index contributed by atoms with van der Waals surface area (Å²) in [5, 5.41) is 2.58. The van der Waals surface area contributed by atoms with E-state index in [1.807, 2.05) is 19.0 Å². The number of para-hydroxylation sites is 2. The van der Waals surface area contributed by atoms with Gasteiger partial charge in [0.2, 0.25) is 5.91 Å². The summed E-state index contributed by atoms with van der Waals surface area (Å²) in [6.07, 6.45) is 1.38. The second-order valence-electron chi connectivity index (χ2n) is 5.48. The second-order valence-corrected chi connectivity index (χ2v) is 5.86. The summed E-state index contributed by atoms with van der Waals surface area (Å²) in [6.45, 7) is 1.23. The minimum Gasteiger partial charge on any atom is -0.495 e. The van der Waals surface area contributed by atoms with E-state index < -0.39 is 17.7 Å². The largest absolute Gasteiger partial charge is 0.495 e. The van der Waals surface area contributed by atoms with Crippen molar-refractivity contribution in [3.63, 3.8) is 0 Å². The van der Waals surface area contributed by atoms with Crippen molar-refractivity contribution in [2.45, 2.75) is 0 Å². The molecule has 1 heterocycles. The fraction of sp³-hybridized carbons (Fsp3) is 0.375. The van der Waals surface area contributed by atoms with Crippen molar-refractivity contribution in [2.24, 2.45) is 10.9 Å². The van der Waals surface area contributed by atoms with Crippen LogP contribution in [0.15, 0.2) is 29.3 Å². The highest BCUT2D eigenvalue weighted by atomic mass is 32.1. The van der Waals surface area contributed by atoms with Gasteiger partial charge in [0.1, 0.15) is 5.75 Å². The van der Waals surface area contributed by atoms with Crippen LogP contribution in [0.25, 0.3) is 0 Å². The molecule has 1 atom stereocenters. The van der Waals surface area contributed by atoms with E-state index in [0.29, 0.717) is 18.0 Å². The molecule has 1 unspecified atom stereocenters. The monoisotopic (exact) mass is 348 g/mol. The molecule has 7 nitrogen and oxygen atoms in total. The first-order chi connectivity index (χ1) is 11.5. The van der Waals surface area contributed by atoms with Gasteiger partial charge in [0.05, 0.1) is 19.3 Å². The summed E-state index contributed by atoms with van der Waals surface area (Å²) in [5.74, 6) is -1.43. The Morgan fingerprint density at radius 2 is 2.08 bits per heavy atom. The molecule has 0 spiro atoms. The molecule has 1 aromatic carbocycles. The topological polar surface area (TPSA) is 74.2 Å². The number of rotatable bonds is 6. The highest BCUT2D eigenvalue weighted by molar-refractivity contribution is 7.80. The van der Waals surface area contributed by atoms with Crippen molar-refractivity contribution in [1.29, 1.82) is 0 Å². The summed E-state index contributed by atoms with van der Waals surface area (Å²) in [7, 11) is 5.36. The maximum absolute atomic E-state index is 12.8. The van der Waals surface area contributed by atoms with Gasteiger partial charge in [-0.05, 0) is 38.4 Å². The third-order valence-corrected chi connectivity index (χ3v) is 3.74. The van der Waals surface area contributed by atoms with Crippen LogP contribution in [0.1, 0.15) is 0 Å². The van der Waals surface area contributed by atoms with Crippen molar-refractivity contribution < 1.29 is 14.3 Å². The summed E-state index contributed by atoms with van der Waals surface area (Å²) < 4.78 is 5.28. The molecule has 1 saturated heterocycles. The first-order valence-electron chi connectivity index (χ1n) is 7.42. The molecule has 8 heteroatoms. The molecule has 0 bridgehead atoms. The Balaban J connectivity index is 2.25. The lowest BCUT2D eigenvalue weighted by molar-refractivity contribution is -0.130. The second kappa shape index (κ2) is 7.98. The maximum Gasteiger partial charge on any atom is 0.251 e. The average Bonchev–Trinajstić information content (AvgIpc) is 2.54. The quantitative estimate of drug-likeness (QED) is 0.465. The number of hydrogen-bond acceptors (Lipinski definition) is 6. The standard InChI is InChI=1S/C16H20N4O3S/c1-19(2)9-8-17-10-11-14(21)18-16(24)20(15(11)22)12-6-4-5-7-13(12)23-3/h4-7,10-11H,8-9H2,1-3H3,(H,18,21,24). The summed E-state index contributed by atoms with van der Waals surface area (Å²) >= 11 is 5.16. The van der Waals surface area contributed by atoms with E-state index in [2.05, 4.69) is 10.3 Å². The van der Waals surface area contributed by atoms with Gasteiger partial charge in [-0.2, -0.15) is 0 Å². The van der Waals surface area contributed by atoms with Crippen LogP contribution in [0.2, 0.25) is 0 Å². The molecule has 1 aliphatic heterocycles. The molecule has 24 heavy (non-hydrogen) atoms. The van der Waals surface area contributed by atoms with E-state index in [-0.39, 0.29) is 5.11 Å². The molecule has 2 amide bonds. The lowest BCUT2D eigenvalue weighted by Gasteiger charge is -2.31. The van der Waals surface area contributed by atoms with Crippen LogP contribution in [-0.2, 0) is 9.59 Å². The molecule has 0 radical (unpaired) electrons. The van der Waals surface area contributed by atoms with Gasteiger partial charge in [0, 0.05) is 12.8 Å². The minimum absolute atomic E-state index is 0.0347. The SMILES string of the molecule is COc1ccccc1N1C(=O)C(C=NCCN(C)C)C(=O)NC1=S. The number of carbonyl (C=O) groups is 2. The van der Waals surface area contributed by atoms with Crippen molar-refractivity contribution in [3.05, 3.63) is 24.3 Å². The number of likely N-dealkylation sites (N-methyl/N-ethyl adjacent to an activating group) is 1. The number of anilines is 1. The number of nitrogens with one attached hydrogen (secondary N) is 1. The lowest BCUT2D eigenvalue weighted by Crippen LogP contribution is -2.58. The van der Waals surface area contributed by atoms with E-state index in [1.165, 1.54) is 18.2 Å². The molecule has 1 aliphatic rings. The van der Waals surface area contributed by atoms with Gasteiger partial charge in [0.15, 0.2) is 11.0 Å². The Morgan fingerprint density at radius 3 is 2.75 bits per heavy atom. The molecule has 0 aliphatic carbocycles. The zero-order chi connectivity index (χ0) is 17.7. The van der Waals surface area contributed by atoms with Gasteiger partial charge < -0.3 is 15.0 Å². The number of carbonyl (C=O) groups excluding carboxylic acids is 2. The van der Waals surface area contributed by atoms with Crippen molar-refractivity contribution in [3.8, 4) is 5.75 Å². The average molecular weight is 348 g/mol. The van der Waals surface area contributed by atoms with Crippen molar-refractivity contribution in [1.82, 2.24) is 10.2 Å². The van der Waals surface area contributed by atoms with Crippen molar-refractivity contribution >= 4 is 41.0 Å². The minimum atomic E-state index is -1.01. The first kappa shape index (κ1) is 18.0. The van der Waals surface area contributed by atoms with Gasteiger partial charge in [-0.15, -0.1) is 0 Å². The molecule has 1 N–H and O–H groups in total. The van der Waals surface area contributed by atoms with Gasteiger partial charge in [-0.1, -0.05) is 12.1 Å². The maximum atomic E-state index is 12.8. The molecular formula is C16H20N4O3S. The zero-order valence-corrected chi connectivity index (χ0v) is 14.7. The molecule has 0 aromatic heterocycles. The smallest absolute Gasteiger partial charge is 0.251 e. The number of ether oxygens (including phenoxy) is 1. The van der Waals surface area contributed by atoms with Gasteiger partial charge in [-0.25, -0.2) is 0 Å². The van der Waals surface area contributed by atoms with E-state index in [9.17, 15) is 9.59 Å². The predicted octanol–water partition coefficient (Wildman–Crippen LogP) is 0.691. The highest BCUT2D eigenvalue weighted by Crippen LogP contribution is 2.30. The van der Waals surface area contributed by atoms with Crippen LogP contribution < -0.4 is 15.0 Å². The van der Waals surface area contributed by atoms with Gasteiger partial charge in [0.25, 0.3) is 5.91 Å². The Kier molecular flexibility index (Phi) is 5.99. The predicted molar refractivity (Wildman–Crippen MR) is 96.6 cm³/mol. The Hall–Kier alpha value is -2.32. The van der Waals surface area contributed by atoms with Crippen LogP contribution in [0.5, 0.6) is 5.75 Å². The molecule has 128 valence electrons. The Bertz CT molecular complexity index is 675.